The summed E-state index contributed by atoms with van der Waals surface area (Å²) in [6, 6.07) is 4.97. The van der Waals surface area contributed by atoms with E-state index in [-0.39, 0.29) is 6.04 Å². The van der Waals surface area contributed by atoms with Gasteiger partial charge in [-0.3, -0.25) is 0 Å². The predicted molar refractivity (Wildman–Crippen MR) is 102 cm³/mol. The quantitative estimate of drug-likeness (QED) is 0.412. The van der Waals surface area contributed by atoms with Gasteiger partial charge in [0.15, 0.2) is 0 Å². The number of benzene rings is 1. The summed E-state index contributed by atoms with van der Waals surface area (Å²) in [7, 11) is -1.08. The lowest BCUT2D eigenvalue weighted by atomic mass is 10.1. The second-order valence-electron chi connectivity index (χ2n) is 7.60. The topological polar surface area (TPSA) is 88.3 Å². The van der Waals surface area contributed by atoms with Gasteiger partial charge in [-0.2, -0.15) is 0 Å². The van der Waals surface area contributed by atoms with Crippen molar-refractivity contribution in [2.45, 2.75) is 52.0 Å². The highest BCUT2D eigenvalue weighted by atomic mass is 28.3. The van der Waals surface area contributed by atoms with Crippen molar-refractivity contribution in [3.05, 3.63) is 24.0 Å². The lowest BCUT2D eigenvalue weighted by Gasteiger charge is -2.16. The van der Waals surface area contributed by atoms with Crippen LogP contribution < -0.4 is 11.5 Å². The minimum atomic E-state index is -1.08. The molecule has 1 heterocycles. The van der Waals surface area contributed by atoms with Gasteiger partial charge in [-0.05, 0) is 25.1 Å². The Bertz CT molecular complexity index is 664. The molecule has 4 N–H and O–H groups in total. The molecule has 6 nitrogen and oxygen atoms in total. The maximum Gasteiger partial charge on any atom is 0.124 e. The van der Waals surface area contributed by atoms with Crippen LogP contribution in [0.5, 0.6) is 0 Å². The summed E-state index contributed by atoms with van der Waals surface area (Å²) in [5.74, 6) is 0. The lowest BCUT2D eigenvalue weighted by molar-refractivity contribution is 0.0887. The fourth-order valence-corrected chi connectivity index (χ4v) is 3.18. The summed E-state index contributed by atoms with van der Waals surface area (Å²) in [6.07, 6.45) is 1.80. The zero-order chi connectivity index (χ0) is 17.7. The fourth-order valence-electron chi connectivity index (χ4n) is 2.43. The summed E-state index contributed by atoms with van der Waals surface area (Å²) < 4.78 is 13.6. The van der Waals surface area contributed by atoms with Gasteiger partial charge < -0.3 is 25.5 Å². The van der Waals surface area contributed by atoms with Gasteiger partial charge in [0, 0.05) is 32.0 Å². The number of hydrogen-bond acceptors (Lipinski definition) is 5. The van der Waals surface area contributed by atoms with E-state index in [0.29, 0.717) is 25.6 Å². The number of hydrogen-bond donors (Lipinski definition) is 2. The fraction of sp³-hybridized carbons (Fsp3) is 0.588. The van der Waals surface area contributed by atoms with E-state index in [1.807, 2.05) is 23.6 Å². The van der Waals surface area contributed by atoms with Crippen LogP contribution in [0.25, 0.3) is 11.0 Å². The van der Waals surface area contributed by atoms with Crippen LogP contribution in [0.3, 0.4) is 0 Å². The molecule has 0 saturated heterocycles. The van der Waals surface area contributed by atoms with Crippen LogP contribution in [-0.4, -0.2) is 36.9 Å². The van der Waals surface area contributed by atoms with Crippen LogP contribution in [0.15, 0.2) is 18.5 Å². The SMILES string of the molecule is C[C@@H](N)COCc1cc(N)cc2ncn(COCC[Si](C)(C)C)c12. The van der Waals surface area contributed by atoms with Gasteiger partial charge in [-0.25, -0.2) is 4.98 Å². The second-order valence-corrected chi connectivity index (χ2v) is 13.2. The van der Waals surface area contributed by atoms with E-state index in [1.54, 1.807) is 6.33 Å². The molecule has 0 saturated carbocycles. The summed E-state index contributed by atoms with van der Waals surface area (Å²) in [5, 5.41) is 0. The number of imidazole rings is 1. The van der Waals surface area contributed by atoms with E-state index in [1.165, 1.54) is 0 Å². The Morgan fingerprint density at radius 1 is 1.25 bits per heavy atom. The first-order chi connectivity index (χ1) is 11.3. The third-order valence-electron chi connectivity index (χ3n) is 3.68. The predicted octanol–water partition coefficient (Wildman–Crippen LogP) is 2.79. The molecule has 0 amide bonds. The number of rotatable bonds is 9. The van der Waals surface area contributed by atoms with Gasteiger partial charge >= 0.3 is 0 Å². The molecule has 0 radical (unpaired) electrons. The Balaban J connectivity index is 2.09. The van der Waals surface area contributed by atoms with E-state index >= 15 is 0 Å². The van der Waals surface area contributed by atoms with Crippen molar-refractivity contribution in [1.29, 1.82) is 0 Å². The molecule has 1 atom stereocenters. The Hall–Kier alpha value is -1.41. The highest BCUT2D eigenvalue weighted by molar-refractivity contribution is 6.76. The first kappa shape index (κ1) is 18.9. The van der Waals surface area contributed by atoms with Crippen molar-refractivity contribution in [2.24, 2.45) is 5.73 Å². The molecular formula is C17H30N4O2Si. The van der Waals surface area contributed by atoms with E-state index in [2.05, 4.69) is 24.6 Å². The van der Waals surface area contributed by atoms with E-state index in [0.717, 1.165) is 29.2 Å². The average Bonchev–Trinajstić information content (AvgIpc) is 2.85. The van der Waals surface area contributed by atoms with Crippen molar-refractivity contribution >= 4 is 24.8 Å². The highest BCUT2D eigenvalue weighted by Crippen LogP contribution is 2.23. The zero-order valence-electron chi connectivity index (χ0n) is 15.2. The van der Waals surface area contributed by atoms with E-state index in [9.17, 15) is 0 Å². The second kappa shape index (κ2) is 8.11. The minimum Gasteiger partial charge on any atom is -0.399 e. The Morgan fingerprint density at radius 3 is 2.67 bits per heavy atom. The van der Waals surface area contributed by atoms with Crippen LogP contribution >= 0.6 is 0 Å². The third-order valence-corrected chi connectivity index (χ3v) is 5.38. The molecular weight excluding hydrogens is 320 g/mol. The normalized spacial score (nSPS) is 13.5. The van der Waals surface area contributed by atoms with Gasteiger partial charge in [0.05, 0.1) is 30.6 Å². The summed E-state index contributed by atoms with van der Waals surface area (Å²) in [6.45, 7) is 11.2. The van der Waals surface area contributed by atoms with Crippen molar-refractivity contribution in [3.63, 3.8) is 0 Å². The zero-order valence-corrected chi connectivity index (χ0v) is 16.2. The molecule has 2 rings (SSSR count). The van der Waals surface area contributed by atoms with E-state index in [4.69, 9.17) is 20.9 Å². The van der Waals surface area contributed by atoms with Crippen LogP contribution in [0.4, 0.5) is 5.69 Å². The summed E-state index contributed by atoms with van der Waals surface area (Å²) >= 11 is 0. The standard InChI is InChI=1S/C17H30N4O2Si/c1-13(18)9-23-10-14-7-15(19)8-16-17(14)21(11-20-16)12-22-5-6-24(2,3)4/h7-8,11,13H,5-6,9-10,12,18-19H2,1-4H3/t13-/m1/s1. The molecule has 134 valence electrons. The van der Waals surface area contributed by atoms with Gasteiger partial charge in [0.2, 0.25) is 0 Å². The maximum atomic E-state index is 5.98. The molecule has 0 bridgehead atoms. The number of nitrogens with two attached hydrogens (primary N) is 2. The first-order valence-corrected chi connectivity index (χ1v) is 12.1. The van der Waals surface area contributed by atoms with Crippen LogP contribution in [0.1, 0.15) is 12.5 Å². The highest BCUT2D eigenvalue weighted by Gasteiger charge is 2.13. The molecule has 1 aromatic carbocycles. The van der Waals surface area contributed by atoms with Crippen molar-refractivity contribution < 1.29 is 9.47 Å². The number of aromatic nitrogens is 2. The number of ether oxygens (including phenoxy) is 2. The minimum absolute atomic E-state index is 0.0105. The molecule has 24 heavy (non-hydrogen) atoms. The van der Waals surface area contributed by atoms with Crippen molar-refractivity contribution in [1.82, 2.24) is 9.55 Å². The van der Waals surface area contributed by atoms with Gasteiger partial charge in [0.1, 0.15) is 6.73 Å². The molecule has 7 heteroatoms. The lowest BCUT2D eigenvalue weighted by Crippen LogP contribution is -2.22. The average molecular weight is 351 g/mol. The Labute approximate surface area is 145 Å². The number of fused-ring (bicyclic) bond motifs is 1. The summed E-state index contributed by atoms with van der Waals surface area (Å²) in [5.41, 5.74) is 15.3. The first-order valence-electron chi connectivity index (χ1n) is 8.40. The number of anilines is 1. The van der Waals surface area contributed by atoms with Crippen LogP contribution in [-0.2, 0) is 22.8 Å². The molecule has 0 fully saturated rings. The third kappa shape index (κ3) is 5.59. The van der Waals surface area contributed by atoms with Gasteiger partial charge in [-0.1, -0.05) is 19.6 Å². The van der Waals surface area contributed by atoms with Crippen LogP contribution in [0, 0.1) is 0 Å². The Kier molecular flexibility index (Phi) is 6.39. The number of nitrogens with zero attached hydrogens (tertiary/aromatic N) is 2. The molecule has 1 aromatic heterocycles. The van der Waals surface area contributed by atoms with Crippen LogP contribution in [0.2, 0.25) is 25.7 Å². The monoisotopic (exact) mass is 350 g/mol. The molecule has 0 unspecified atom stereocenters. The molecule has 2 aromatic rings. The Morgan fingerprint density at radius 2 is 2.00 bits per heavy atom. The number of nitrogen functional groups attached to an aromatic ring is 1. The van der Waals surface area contributed by atoms with Gasteiger partial charge in [0.25, 0.3) is 0 Å². The van der Waals surface area contributed by atoms with Crippen molar-refractivity contribution in [2.75, 3.05) is 18.9 Å². The van der Waals surface area contributed by atoms with E-state index < -0.39 is 8.07 Å². The molecule has 0 aliphatic rings. The summed E-state index contributed by atoms with van der Waals surface area (Å²) in [4.78, 5) is 4.44. The van der Waals surface area contributed by atoms with Gasteiger partial charge in [-0.15, -0.1) is 0 Å². The molecule has 0 aliphatic carbocycles. The maximum absolute atomic E-state index is 5.98. The molecule has 0 spiro atoms. The molecule has 0 aliphatic heterocycles. The largest absolute Gasteiger partial charge is 0.399 e. The smallest absolute Gasteiger partial charge is 0.124 e. The van der Waals surface area contributed by atoms with Crippen molar-refractivity contribution in [3.8, 4) is 0 Å².